The molecule has 108 valence electrons. The molecule has 1 saturated heterocycles. The molecular weight excluding hydrogens is 313 g/mol. The van der Waals surface area contributed by atoms with Crippen LogP contribution in [0.5, 0.6) is 0 Å². The average Bonchev–Trinajstić information content (AvgIpc) is 2.71. The maximum absolute atomic E-state index is 12.9. The minimum Gasteiger partial charge on any atom is -0.478 e. The Morgan fingerprint density at radius 1 is 1.45 bits per heavy atom. The van der Waals surface area contributed by atoms with Gasteiger partial charge in [-0.05, 0) is 18.2 Å². The monoisotopic (exact) mass is 321 g/mol. The Morgan fingerprint density at radius 3 is 2.60 bits per heavy atom. The number of hydrogen-bond acceptors (Lipinski definition) is 4. The predicted octanol–water partition coefficient (Wildman–Crippen LogP) is 1.44. The lowest BCUT2D eigenvalue weighted by Gasteiger charge is -2.18. The van der Waals surface area contributed by atoms with Crippen molar-refractivity contribution in [3.05, 3.63) is 28.8 Å². The van der Waals surface area contributed by atoms with Crippen LogP contribution in [-0.4, -0.2) is 37.2 Å². The van der Waals surface area contributed by atoms with E-state index < -0.39 is 33.8 Å². The Hall–Kier alpha value is -1.67. The second-order valence-electron chi connectivity index (χ2n) is 4.28. The number of carboxylic acid groups (broad SMARTS) is 1. The molecule has 1 aromatic carbocycles. The fourth-order valence-corrected chi connectivity index (χ4v) is 2.84. The van der Waals surface area contributed by atoms with E-state index in [-0.39, 0.29) is 22.8 Å². The van der Waals surface area contributed by atoms with Crippen LogP contribution in [0.4, 0.5) is 9.57 Å². The van der Waals surface area contributed by atoms with Gasteiger partial charge >= 0.3 is 16.2 Å². The van der Waals surface area contributed by atoms with Crippen LogP contribution in [0.15, 0.2) is 18.2 Å². The lowest BCUT2D eigenvalue weighted by molar-refractivity contribution is -0.117. The smallest absolute Gasteiger partial charge is 0.335 e. The number of amides is 1. The van der Waals surface area contributed by atoms with Gasteiger partial charge < -0.3 is 10.0 Å². The van der Waals surface area contributed by atoms with Gasteiger partial charge in [-0.1, -0.05) is 11.6 Å². The van der Waals surface area contributed by atoms with Gasteiger partial charge in [0.15, 0.2) is 0 Å². The van der Waals surface area contributed by atoms with E-state index in [1.54, 1.807) is 0 Å². The average molecular weight is 322 g/mol. The van der Waals surface area contributed by atoms with Crippen LogP contribution in [0.25, 0.3) is 0 Å². The maximum atomic E-state index is 12.9. The van der Waals surface area contributed by atoms with E-state index >= 15 is 0 Å². The van der Waals surface area contributed by atoms with Crippen LogP contribution in [-0.2, 0) is 15.0 Å². The van der Waals surface area contributed by atoms with Crippen molar-refractivity contribution in [2.75, 3.05) is 11.4 Å². The molecule has 0 bridgehead atoms. The van der Waals surface area contributed by atoms with Gasteiger partial charge in [-0.15, -0.1) is 3.89 Å². The van der Waals surface area contributed by atoms with Crippen molar-refractivity contribution in [1.29, 1.82) is 0 Å². The number of halogens is 2. The molecule has 6 nitrogen and oxygen atoms in total. The summed E-state index contributed by atoms with van der Waals surface area (Å²) < 4.78 is 34.6. The van der Waals surface area contributed by atoms with E-state index in [1.165, 1.54) is 12.1 Å². The second kappa shape index (κ2) is 5.02. The van der Waals surface area contributed by atoms with Crippen LogP contribution in [0.3, 0.4) is 0 Å². The first-order chi connectivity index (χ1) is 9.20. The largest absolute Gasteiger partial charge is 0.478 e. The fourth-order valence-electron chi connectivity index (χ4n) is 1.95. The number of aromatic carboxylic acids is 1. The quantitative estimate of drug-likeness (QED) is 0.851. The van der Waals surface area contributed by atoms with E-state index in [4.69, 9.17) is 16.7 Å². The minimum absolute atomic E-state index is 0.0581. The molecule has 0 radical (unpaired) electrons. The number of nitrogens with zero attached hydrogens (tertiary/aromatic N) is 1. The molecule has 0 aromatic heterocycles. The molecule has 0 aliphatic carbocycles. The van der Waals surface area contributed by atoms with E-state index in [1.807, 2.05) is 0 Å². The zero-order valence-corrected chi connectivity index (χ0v) is 11.5. The lowest BCUT2D eigenvalue weighted by Crippen LogP contribution is -2.27. The van der Waals surface area contributed by atoms with Gasteiger partial charge in [0.25, 0.3) is 0 Å². The summed E-state index contributed by atoms with van der Waals surface area (Å²) in [6.45, 7) is -0.388. The van der Waals surface area contributed by atoms with Crippen molar-refractivity contribution in [1.82, 2.24) is 0 Å². The molecule has 1 aliphatic heterocycles. The van der Waals surface area contributed by atoms with Crippen LogP contribution in [0, 0.1) is 0 Å². The van der Waals surface area contributed by atoms with E-state index in [0.717, 1.165) is 11.0 Å². The Kier molecular flexibility index (Phi) is 3.70. The van der Waals surface area contributed by atoms with Gasteiger partial charge in [0, 0.05) is 13.0 Å². The normalized spacial score (nSPS) is 19.4. The zero-order valence-electron chi connectivity index (χ0n) is 9.92. The highest BCUT2D eigenvalue weighted by atomic mass is 35.5. The van der Waals surface area contributed by atoms with Crippen molar-refractivity contribution in [2.45, 2.75) is 11.7 Å². The SMILES string of the molecule is O=C(O)c1ccc(Cl)c(N2CC(S(=O)(=O)F)CC2=O)c1. The third kappa shape index (κ3) is 2.75. The third-order valence-electron chi connectivity index (χ3n) is 2.97. The summed E-state index contributed by atoms with van der Waals surface area (Å²) in [7, 11) is -4.84. The molecule has 2 rings (SSSR count). The number of carbonyl (C=O) groups is 2. The molecule has 1 aromatic rings. The number of carboxylic acids is 1. The summed E-state index contributed by atoms with van der Waals surface area (Å²) in [5, 5.41) is 7.51. The summed E-state index contributed by atoms with van der Waals surface area (Å²) in [5.74, 6) is -1.84. The van der Waals surface area contributed by atoms with Gasteiger partial charge in [0.05, 0.1) is 16.3 Å². The molecule has 0 saturated carbocycles. The minimum atomic E-state index is -4.84. The van der Waals surface area contributed by atoms with Gasteiger partial charge in [-0.2, -0.15) is 8.42 Å². The van der Waals surface area contributed by atoms with Crippen molar-refractivity contribution in [3.63, 3.8) is 0 Å². The molecule has 1 fully saturated rings. The molecule has 1 N–H and O–H groups in total. The number of hydrogen-bond donors (Lipinski definition) is 1. The maximum Gasteiger partial charge on any atom is 0.335 e. The summed E-state index contributed by atoms with van der Waals surface area (Å²) in [5.41, 5.74) is -0.0496. The van der Waals surface area contributed by atoms with Crippen LogP contribution >= 0.6 is 11.6 Å². The molecule has 0 spiro atoms. The fraction of sp³-hybridized carbons (Fsp3) is 0.273. The zero-order chi connectivity index (χ0) is 15.1. The van der Waals surface area contributed by atoms with E-state index in [9.17, 15) is 21.9 Å². The topological polar surface area (TPSA) is 91.8 Å². The predicted molar refractivity (Wildman–Crippen MR) is 69.2 cm³/mol. The Labute approximate surface area is 119 Å². The summed E-state index contributed by atoms with van der Waals surface area (Å²) in [4.78, 5) is 23.6. The summed E-state index contributed by atoms with van der Waals surface area (Å²) in [6, 6.07) is 3.68. The Bertz CT molecular complexity index is 690. The van der Waals surface area contributed by atoms with E-state index in [2.05, 4.69) is 0 Å². The number of rotatable bonds is 3. The highest BCUT2D eigenvalue weighted by Gasteiger charge is 2.39. The van der Waals surface area contributed by atoms with Crippen molar-refractivity contribution in [3.8, 4) is 0 Å². The summed E-state index contributed by atoms with van der Waals surface area (Å²) >= 11 is 5.88. The van der Waals surface area contributed by atoms with Crippen molar-refractivity contribution >= 4 is 39.4 Å². The van der Waals surface area contributed by atoms with Crippen LogP contribution in [0.2, 0.25) is 5.02 Å². The lowest BCUT2D eigenvalue weighted by atomic mass is 10.2. The molecule has 1 aliphatic rings. The van der Waals surface area contributed by atoms with Gasteiger partial charge in [-0.25, -0.2) is 4.79 Å². The molecule has 1 heterocycles. The highest BCUT2D eigenvalue weighted by Crippen LogP contribution is 2.32. The third-order valence-corrected chi connectivity index (χ3v) is 4.40. The molecule has 1 atom stereocenters. The van der Waals surface area contributed by atoms with Crippen LogP contribution < -0.4 is 4.90 Å². The molecule has 9 heteroatoms. The van der Waals surface area contributed by atoms with Gasteiger partial charge in [-0.3, -0.25) is 4.79 Å². The van der Waals surface area contributed by atoms with Gasteiger partial charge in [0.2, 0.25) is 5.91 Å². The molecule has 20 heavy (non-hydrogen) atoms. The number of anilines is 1. The second-order valence-corrected chi connectivity index (χ2v) is 6.30. The first-order valence-electron chi connectivity index (χ1n) is 5.47. The molecular formula is C11H9ClFNO5S. The standard InChI is InChI=1S/C11H9ClFNO5S/c12-8-2-1-6(11(16)17)3-9(8)14-5-7(4-10(14)15)20(13,18)19/h1-3,7H,4-5H2,(H,16,17). The summed E-state index contributed by atoms with van der Waals surface area (Å²) in [6.07, 6.45) is -0.494. The molecule has 1 amide bonds. The number of benzene rings is 1. The van der Waals surface area contributed by atoms with Gasteiger partial charge in [0.1, 0.15) is 5.25 Å². The first-order valence-corrected chi connectivity index (χ1v) is 7.29. The Balaban J connectivity index is 2.40. The van der Waals surface area contributed by atoms with Crippen LogP contribution in [0.1, 0.15) is 16.8 Å². The Morgan fingerprint density at radius 2 is 2.10 bits per heavy atom. The van der Waals surface area contributed by atoms with Crippen molar-refractivity contribution < 1.29 is 27.0 Å². The number of carbonyl (C=O) groups excluding carboxylic acids is 1. The first kappa shape index (κ1) is 14.7. The highest BCUT2D eigenvalue weighted by molar-refractivity contribution is 7.87. The van der Waals surface area contributed by atoms with E-state index in [0.29, 0.717) is 0 Å². The van der Waals surface area contributed by atoms with Crippen molar-refractivity contribution in [2.24, 2.45) is 0 Å². The molecule has 1 unspecified atom stereocenters.